The van der Waals surface area contributed by atoms with Crippen LogP contribution < -0.4 is 5.32 Å². The van der Waals surface area contributed by atoms with E-state index in [4.69, 9.17) is 9.63 Å². The molecule has 2 N–H and O–H groups in total. The van der Waals surface area contributed by atoms with Crippen molar-refractivity contribution in [2.24, 2.45) is 11.8 Å². The fraction of sp³-hybridized carbons (Fsp3) is 0.636. The summed E-state index contributed by atoms with van der Waals surface area (Å²) in [6.07, 6.45) is 0. The first-order valence-corrected chi connectivity index (χ1v) is 5.40. The molecule has 0 bridgehead atoms. The highest BCUT2D eigenvalue weighted by molar-refractivity contribution is 5.85. The van der Waals surface area contributed by atoms with Crippen molar-refractivity contribution in [1.82, 2.24) is 10.5 Å². The Morgan fingerprint density at radius 3 is 2.75 bits per heavy atom. The monoisotopic (exact) mass is 226 g/mol. The highest BCUT2D eigenvalue weighted by atomic mass is 16.5. The maximum atomic E-state index is 10.5. The smallest absolute Gasteiger partial charge is 0.358 e. The lowest BCUT2D eigenvalue weighted by atomic mass is 9.98. The van der Waals surface area contributed by atoms with Crippen LogP contribution >= 0.6 is 0 Å². The van der Waals surface area contributed by atoms with Gasteiger partial charge in [-0.25, -0.2) is 4.79 Å². The number of hydrogen-bond acceptors (Lipinski definition) is 4. The first-order valence-electron chi connectivity index (χ1n) is 5.40. The summed E-state index contributed by atoms with van der Waals surface area (Å²) in [6, 6.07) is 1.44. The first kappa shape index (κ1) is 12.7. The van der Waals surface area contributed by atoms with Crippen LogP contribution in [0.5, 0.6) is 0 Å². The van der Waals surface area contributed by atoms with Crippen LogP contribution in [0.4, 0.5) is 0 Å². The first-order chi connectivity index (χ1) is 7.50. The zero-order valence-electron chi connectivity index (χ0n) is 9.86. The van der Waals surface area contributed by atoms with Gasteiger partial charge in [-0.3, -0.25) is 0 Å². The molecule has 1 aromatic rings. The van der Waals surface area contributed by atoms with Gasteiger partial charge in [-0.05, 0) is 18.4 Å². The summed E-state index contributed by atoms with van der Waals surface area (Å²) in [5, 5.41) is 15.3. The van der Waals surface area contributed by atoms with Crippen LogP contribution in [0.1, 0.15) is 37.0 Å². The quantitative estimate of drug-likeness (QED) is 0.773. The van der Waals surface area contributed by atoms with Crippen molar-refractivity contribution >= 4 is 5.97 Å². The topological polar surface area (TPSA) is 75.4 Å². The predicted octanol–water partition coefficient (Wildman–Crippen LogP) is 1.75. The Bertz CT molecular complexity index is 347. The van der Waals surface area contributed by atoms with Gasteiger partial charge < -0.3 is 14.9 Å². The lowest BCUT2D eigenvalue weighted by Crippen LogP contribution is -2.23. The Balaban J connectivity index is 2.35. The van der Waals surface area contributed by atoms with Crippen molar-refractivity contribution in [3.05, 3.63) is 17.5 Å². The lowest BCUT2D eigenvalue weighted by Gasteiger charge is -2.15. The van der Waals surface area contributed by atoms with Crippen LogP contribution in [0, 0.1) is 11.8 Å². The molecule has 0 saturated heterocycles. The molecule has 1 rings (SSSR count). The highest BCUT2D eigenvalue weighted by Crippen LogP contribution is 2.08. The molecule has 1 heterocycles. The van der Waals surface area contributed by atoms with Gasteiger partial charge in [-0.1, -0.05) is 25.9 Å². The zero-order chi connectivity index (χ0) is 12.1. The molecule has 0 aromatic carbocycles. The number of carboxylic acid groups (broad SMARTS) is 1. The molecule has 0 amide bonds. The molecule has 0 spiro atoms. The summed E-state index contributed by atoms with van der Waals surface area (Å²) in [5.74, 6) is 0.678. The zero-order valence-corrected chi connectivity index (χ0v) is 9.86. The number of carboxylic acids is 1. The van der Waals surface area contributed by atoms with Gasteiger partial charge in [0.15, 0.2) is 11.5 Å². The molecule has 0 fully saturated rings. The second-order valence-corrected chi connectivity index (χ2v) is 4.34. The normalized spacial score (nSPS) is 13.0. The number of carbonyl (C=O) groups is 1. The van der Waals surface area contributed by atoms with E-state index in [9.17, 15) is 4.79 Å². The van der Waals surface area contributed by atoms with Gasteiger partial charge in [0.2, 0.25) is 0 Å². The lowest BCUT2D eigenvalue weighted by molar-refractivity contribution is 0.0685. The Kier molecular flexibility index (Phi) is 4.49. The fourth-order valence-electron chi connectivity index (χ4n) is 1.16. The van der Waals surface area contributed by atoms with Crippen molar-refractivity contribution < 1.29 is 14.4 Å². The maximum absolute atomic E-state index is 10.5. The number of nitrogens with zero attached hydrogens (tertiary/aromatic N) is 1. The summed E-state index contributed by atoms with van der Waals surface area (Å²) in [7, 11) is 0. The second-order valence-electron chi connectivity index (χ2n) is 4.34. The third kappa shape index (κ3) is 3.66. The van der Waals surface area contributed by atoms with Crippen LogP contribution in [-0.4, -0.2) is 22.8 Å². The Hall–Kier alpha value is -1.36. The molecule has 0 aliphatic carbocycles. The van der Waals surface area contributed by atoms with E-state index in [0.29, 0.717) is 24.1 Å². The molecule has 90 valence electrons. The summed E-state index contributed by atoms with van der Waals surface area (Å²) in [4.78, 5) is 10.5. The van der Waals surface area contributed by atoms with Gasteiger partial charge in [0.05, 0.1) is 6.54 Å². The van der Waals surface area contributed by atoms with E-state index in [-0.39, 0.29) is 5.69 Å². The van der Waals surface area contributed by atoms with Crippen molar-refractivity contribution in [2.75, 3.05) is 6.54 Å². The largest absolute Gasteiger partial charge is 0.476 e. The maximum Gasteiger partial charge on any atom is 0.358 e. The van der Waals surface area contributed by atoms with Crippen molar-refractivity contribution in [3.8, 4) is 0 Å². The van der Waals surface area contributed by atoms with E-state index < -0.39 is 5.97 Å². The Morgan fingerprint density at radius 1 is 1.56 bits per heavy atom. The molecule has 1 unspecified atom stereocenters. The minimum absolute atomic E-state index is 0.0475. The Labute approximate surface area is 94.8 Å². The molecule has 1 atom stereocenters. The number of hydrogen-bond donors (Lipinski definition) is 2. The molecular weight excluding hydrogens is 208 g/mol. The van der Waals surface area contributed by atoms with E-state index in [2.05, 4.69) is 31.2 Å². The van der Waals surface area contributed by atoms with Gasteiger partial charge >= 0.3 is 5.97 Å². The van der Waals surface area contributed by atoms with Crippen LogP contribution in [0.15, 0.2) is 10.6 Å². The molecule has 0 radical (unpaired) electrons. The van der Waals surface area contributed by atoms with Gasteiger partial charge in [0.25, 0.3) is 0 Å². The number of aromatic carboxylic acids is 1. The average molecular weight is 226 g/mol. The van der Waals surface area contributed by atoms with Crippen LogP contribution in [-0.2, 0) is 6.54 Å². The number of aromatic nitrogens is 1. The molecule has 0 saturated carbocycles. The van der Waals surface area contributed by atoms with Crippen molar-refractivity contribution in [2.45, 2.75) is 27.3 Å². The van der Waals surface area contributed by atoms with Crippen molar-refractivity contribution in [1.29, 1.82) is 0 Å². The van der Waals surface area contributed by atoms with Crippen LogP contribution in [0.25, 0.3) is 0 Å². The predicted molar refractivity (Wildman–Crippen MR) is 59.2 cm³/mol. The number of nitrogens with one attached hydrogen (secondary N) is 1. The summed E-state index contributed by atoms with van der Waals surface area (Å²) >= 11 is 0. The van der Waals surface area contributed by atoms with Crippen molar-refractivity contribution in [3.63, 3.8) is 0 Å². The fourth-order valence-corrected chi connectivity index (χ4v) is 1.16. The minimum atomic E-state index is -1.06. The third-order valence-electron chi connectivity index (χ3n) is 2.68. The molecule has 5 nitrogen and oxygen atoms in total. The van der Waals surface area contributed by atoms with E-state index in [1.807, 2.05) is 0 Å². The molecule has 5 heteroatoms. The van der Waals surface area contributed by atoms with Gasteiger partial charge in [-0.2, -0.15) is 0 Å². The van der Waals surface area contributed by atoms with Gasteiger partial charge in [-0.15, -0.1) is 0 Å². The minimum Gasteiger partial charge on any atom is -0.476 e. The third-order valence-corrected chi connectivity index (χ3v) is 2.68. The Morgan fingerprint density at radius 2 is 2.25 bits per heavy atom. The molecular formula is C11H18N2O3. The van der Waals surface area contributed by atoms with E-state index in [1.54, 1.807) is 0 Å². The molecule has 0 aliphatic heterocycles. The molecule has 1 aromatic heterocycles. The van der Waals surface area contributed by atoms with Crippen LogP contribution in [0.2, 0.25) is 0 Å². The molecule has 0 aliphatic rings. The van der Waals surface area contributed by atoms with Crippen LogP contribution in [0.3, 0.4) is 0 Å². The number of rotatable bonds is 6. The highest BCUT2D eigenvalue weighted by Gasteiger charge is 2.11. The standard InChI is InChI=1S/C11H18N2O3/c1-7(2)8(3)5-12-6-9-4-10(11(14)15)13-16-9/h4,7-8,12H,5-6H2,1-3H3,(H,14,15). The van der Waals surface area contributed by atoms with E-state index in [1.165, 1.54) is 6.07 Å². The summed E-state index contributed by atoms with van der Waals surface area (Å²) < 4.78 is 4.87. The van der Waals surface area contributed by atoms with Gasteiger partial charge in [0.1, 0.15) is 0 Å². The second kappa shape index (κ2) is 5.65. The van der Waals surface area contributed by atoms with Gasteiger partial charge in [0, 0.05) is 6.07 Å². The van der Waals surface area contributed by atoms with E-state index in [0.717, 1.165) is 6.54 Å². The summed E-state index contributed by atoms with van der Waals surface area (Å²) in [5.41, 5.74) is -0.0475. The SMILES string of the molecule is CC(C)C(C)CNCc1cc(C(=O)O)no1. The average Bonchev–Trinajstić information content (AvgIpc) is 2.66. The molecule has 16 heavy (non-hydrogen) atoms. The summed E-state index contributed by atoms with van der Waals surface area (Å²) in [6.45, 7) is 7.89. The van der Waals surface area contributed by atoms with E-state index >= 15 is 0 Å².